The van der Waals surface area contributed by atoms with Crippen molar-refractivity contribution in [1.29, 1.82) is 0 Å². The van der Waals surface area contributed by atoms with E-state index in [4.69, 9.17) is 0 Å². The molecule has 16 heavy (non-hydrogen) atoms. The van der Waals surface area contributed by atoms with Gasteiger partial charge in [0.2, 0.25) is 0 Å². The summed E-state index contributed by atoms with van der Waals surface area (Å²) in [5.41, 5.74) is 0. The van der Waals surface area contributed by atoms with Gasteiger partial charge in [0.15, 0.2) is 0 Å². The maximum Gasteiger partial charge on any atom is 0.138 e. The molecule has 0 spiro atoms. The molecule has 0 aliphatic heterocycles. The zero-order chi connectivity index (χ0) is 11.5. The van der Waals surface area contributed by atoms with Crippen LogP contribution in [0.25, 0.3) is 0 Å². The van der Waals surface area contributed by atoms with Crippen LogP contribution in [0.1, 0.15) is 32.5 Å². The van der Waals surface area contributed by atoms with Gasteiger partial charge in [-0.05, 0) is 31.2 Å². The quantitative estimate of drug-likeness (QED) is 0.791. The summed E-state index contributed by atoms with van der Waals surface area (Å²) in [6.07, 6.45) is 5.38. The fraction of sp³-hybridized carbons (Fsp3) is 0.833. The van der Waals surface area contributed by atoms with Crippen molar-refractivity contribution in [3.63, 3.8) is 0 Å². The van der Waals surface area contributed by atoms with Gasteiger partial charge in [0.05, 0.1) is 0 Å². The lowest BCUT2D eigenvalue weighted by Gasteiger charge is -2.19. The van der Waals surface area contributed by atoms with Gasteiger partial charge in [-0.2, -0.15) is 5.10 Å². The Balaban J connectivity index is 1.77. The minimum atomic E-state index is 0.647. The number of nitrogens with zero attached hydrogens (tertiary/aromatic N) is 3. The van der Waals surface area contributed by atoms with Crippen LogP contribution in [0, 0.1) is 11.8 Å². The molecular weight excluding hydrogens is 200 g/mol. The first-order chi connectivity index (χ1) is 7.66. The molecule has 1 aromatic rings. The van der Waals surface area contributed by atoms with E-state index in [-0.39, 0.29) is 0 Å². The molecule has 1 fully saturated rings. The largest absolute Gasteiger partial charge is 0.314 e. The Labute approximate surface area is 97.5 Å². The van der Waals surface area contributed by atoms with Gasteiger partial charge < -0.3 is 5.32 Å². The van der Waals surface area contributed by atoms with Gasteiger partial charge in [0.1, 0.15) is 12.2 Å². The lowest BCUT2D eigenvalue weighted by molar-refractivity contribution is 0.355. The Hall–Kier alpha value is -0.900. The van der Waals surface area contributed by atoms with Crippen molar-refractivity contribution in [2.75, 3.05) is 6.54 Å². The Morgan fingerprint density at radius 2 is 2.19 bits per heavy atom. The molecule has 2 unspecified atom stereocenters. The Kier molecular flexibility index (Phi) is 3.59. The van der Waals surface area contributed by atoms with Crippen molar-refractivity contribution >= 4 is 0 Å². The number of nitrogens with one attached hydrogen (secondary N) is 1. The molecule has 0 bridgehead atoms. The monoisotopic (exact) mass is 222 g/mol. The zero-order valence-electron chi connectivity index (χ0n) is 10.5. The normalized spacial score (nSPS) is 19.7. The molecule has 4 heteroatoms. The summed E-state index contributed by atoms with van der Waals surface area (Å²) < 4.78 is 1.87. The number of aryl methyl sites for hydroxylation is 1. The fourth-order valence-corrected chi connectivity index (χ4v) is 1.84. The maximum atomic E-state index is 4.28. The average Bonchev–Trinajstić information content (AvgIpc) is 3.01. The molecule has 90 valence electrons. The predicted octanol–water partition coefficient (Wildman–Crippen LogP) is 1.38. The second kappa shape index (κ2) is 4.95. The summed E-state index contributed by atoms with van der Waals surface area (Å²) in [5.74, 6) is 2.43. The molecule has 2 atom stereocenters. The van der Waals surface area contributed by atoms with Crippen LogP contribution in [0.15, 0.2) is 6.33 Å². The van der Waals surface area contributed by atoms with E-state index in [1.54, 1.807) is 6.33 Å². The standard InChI is InChI=1S/C12H22N4/c1-9(6-12-14-8-15-16(12)3)10(2)7-13-11-4-5-11/h8-11,13H,4-7H2,1-3H3. The summed E-state index contributed by atoms with van der Waals surface area (Å²) in [4.78, 5) is 4.28. The predicted molar refractivity (Wildman–Crippen MR) is 64.1 cm³/mol. The van der Waals surface area contributed by atoms with E-state index in [1.165, 1.54) is 12.8 Å². The first kappa shape index (κ1) is 11.6. The van der Waals surface area contributed by atoms with Crippen LogP contribution in [0.5, 0.6) is 0 Å². The Bertz CT molecular complexity index is 330. The van der Waals surface area contributed by atoms with Crippen LogP contribution >= 0.6 is 0 Å². The highest BCUT2D eigenvalue weighted by molar-refractivity contribution is 4.88. The molecule has 0 saturated heterocycles. The Morgan fingerprint density at radius 3 is 2.75 bits per heavy atom. The lowest BCUT2D eigenvalue weighted by atomic mass is 9.92. The highest BCUT2D eigenvalue weighted by Crippen LogP contribution is 2.21. The molecule has 0 radical (unpaired) electrons. The molecule has 1 saturated carbocycles. The summed E-state index contributed by atoms with van der Waals surface area (Å²) in [5, 5.41) is 7.69. The highest BCUT2D eigenvalue weighted by Gasteiger charge is 2.22. The topological polar surface area (TPSA) is 42.7 Å². The van der Waals surface area contributed by atoms with E-state index in [9.17, 15) is 0 Å². The first-order valence-corrected chi connectivity index (χ1v) is 6.23. The van der Waals surface area contributed by atoms with Crippen LogP contribution in [0.4, 0.5) is 0 Å². The third kappa shape index (κ3) is 3.04. The van der Waals surface area contributed by atoms with Crippen LogP contribution in [-0.2, 0) is 13.5 Å². The molecule has 2 rings (SSSR count). The highest BCUT2D eigenvalue weighted by atomic mass is 15.3. The third-order valence-electron chi connectivity index (χ3n) is 3.59. The summed E-state index contributed by atoms with van der Waals surface area (Å²) in [6.45, 7) is 5.74. The van der Waals surface area contributed by atoms with Crippen molar-refractivity contribution in [3.05, 3.63) is 12.2 Å². The number of hydrogen-bond acceptors (Lipinski definition) is 3. The van der Waals surface area contributed by atoms with E-state index in [0.717, 1.165) is 24.8 Å². The summed E-state index contributed by atoms with van der Waals surface area (Å²) >= 11 is 0. The minimum Gasteiger partial charge on any atom is -0.314 e. The van der Waals surface area contributed by atoms with Gasteiger partial charge in [0, 0.05) is 19.5 Å². The van der Waals surface area contributed by atoms with Gasteiger partial charge in [0.25, 0.3) is 0 Å². The van der Waals surface area contributed by atoms with Crippen molar-refractivity contribution in [1.82, 2.24) is 20.1 Å². The van der Waals surface area contributed by atoms with E-state index >= 15 is 0 Å². The lowest BCUT2D eigenvalue weighted by Crippen LogP contribution is -2.28. The van der Waals surface area contributed by atoms with Crippen molar-refractivity contribution in [3.8, 4) is 0 Å². The zero-order valence-corrected chi connectivity index (χ0v) is 10.5. The van der Waals surface area contributed by atoms with Gasteiger partial charge in [-0.3, -0.25) is 4.68 Å². The molecule has 1 N–H and O–H groups in total. The SMILES string of the molecule is CC(CNC1CC1)C(C)Cc1ncnn1C. The second-order valence-corrected chi connectivity index (χ2v) is 5.14. The molecule has 0 aromatic carbocycles. The smallest absolute Gasteiger partial charge is 0.138 e. The molecule has 1 aromatic heterocycles. The van der Waals surface area contributed by atoms with E-state index < -0.39 is 0 Å². The van der Waals surface area contributed by atoms with Crippen LogP contribution < -0.4 is 5.32 Å². The van der Waals surface area contributed by atoms with E-state index in [2.05, 4.69) is 29.2 Å². The first-order valence-electron chi connectivity index (χ1n) is 6.23. The number of hydrogen-bond donors (Lipinski definition) is 1. The van der Waals surface area contributed by atoms with Gasteiger partial charge >= 0.3 is 0 Å². The molecule has 1 aliphatic rings. The maximum absolute atomic E-state index is 4.28. The molecule has 0 amide bonds. The molecular formula is C12H22N4. The second-order valence-electron chi connectivity index (χ2n) is 5.14. The molecule has 1 heterocycles. The van der Waals surface area contributed by atoms with Crippen molar-refractivity contribution in [2.45, 2.75) is 39.2 Å². The van der Waals surface area contributed by atoms with Crippen molar-refractivity contribution < 1.29 is 0 Å². The van der Waals surface area contributed by atoms with E-state index in [0.29, 0.717) is 11.8 Å². The number of aromatic nitrogens is 3. The molecule has 1 aliphatic carbocycles. The van der Waals surface area contributed by atoms with Gasteiger partial charge in [-0.15, -0.1) is 0 Å². The van der Waals surface area contributed by atoms with Gasteiger partial charge in [-0.25, -0.2) is 4.98 Å². The average molecular weight is 222 g/mol. The van der Waals surface area contributed by atoms with Gasteiger partial charge in [-0.1, -0.05) is 13.8 Å². The van der Waals surface area contributed by atoms with Crippen LogP contribution in [0.2, 0.25) is 0 Å². The number of rotatable bonds is 6. The fourth-order valence-electron chi connectivity index (χ4n) is 1.84. The van der Waals surface area contributed by atoms with Crippen LogP contribution in [-0.4, -0.2) is 27.4 Å². The van der Waals surface area contributed by atoms with E-state index in [1.807, 2.05) is 11.7 Å². The van der Waals surface area contributed by atoms with Crippen LogP contribution in [0.3, 0.4) is 0 Å². The van der Waals surface area contributed by atoms with Crippen molar-refractivity contribution in [2.24, 2.45) is 18.9 Å². The summed E-state index contributed by atoms with van der Waals surface area (Å²) in [7, 11) is 1.96. The summed E-state index contributed by atoms with van der Waals surface area (Å²) in [6, 6.07) is 0.810. The molecule has 4 nitrogen and oxygen atoms in total. The Morgan fingerprint density at radius 1 is 1.44 bits per heavy atom. The minimum absolute atomic E-state index is 0.647. The third-order valence-corrected chi connectivity index (χ3v) is 3.59.